The number of carbonyl (C=O) groups excluding carboxylic acids is 1. The summed E-state index contributed by atoms with van der Waals surface area (Å²) >= 11 is 8.33. The summed E-state index contributed by atoms with van der Waals surface area (Å²) in [4.78, 5) is 26.8. The Morgan fingerprint density at radius 1 is 1.11 bits per heavy atom. The fourth-order valence-corrected chi connectivity index (χ4v) is 5.16. The maximum atomic E-state index is 13.1. The Balaban J connectivity index is 1.52. The van der Waals surface area contributed by atoms with Crippen molar-refractivity contribution in [3.05, 3.63) is 92.9 Å². The number of methoxy groups -OCH3 is 1. The van der Waals surface area contributed by atoms with E-state index in [0.717, 1.165) is 16.1 Å². The van der Waals surface area contributed by atoms with E-state index in [9.17, 15) is 14.9 Å². The number of ether oxygens (including phenoxy) is 2. The van der Waals surface area contributed by atoms with Gasteiger partial charge in [0, 0.05) is 17.0 Å². The molecule has 3 aromatic rings. The molecule has 178 valence electrons. The molecule has 1 amide bonds. The summed E-state index contributed by atoms with van der Waals surface area (Å²) in [6.45, 7) is 0.144. The first kappa shape index (κ1) is 24.8. The number of carbonyl (C=O) groups is 1. The SMILES string of the molecule is COc1cc(/C=C2/SC(=S)N(c3cccc(SC)c3)C2=O)ccc1OCc1cccc([N+](=O)[O-])c1. The Labute approximate surface area is 216 Å². The molecule has 0 saturated carbocycles. The number of nitrogens with zero attached hydrogens (tertiary/aromatic N) is 2. The summed E-state index contributed by atoms with van der Waals surface area (Å²) < 4.78 is 11.8. The summed E-state index contributed by atoms with van der Waals surface area (Å²) in [6.07, 6.45) is 3.75. The number of nitro benzene ring substituents is 1. The molecule has 35 heavy (non-hydrogen) atoms. The lowest BCUT2D eigenvalue weighted by molar-refractivity contribution is -0.384. The Kier molecular flexibility index (Phi) is 7.74. The van der Waals surface area contributed by atoms with Gasteiger partial charge in [-0.15, -0.1) is 11.8 Å². The zero-order valence-corrected chi connectivity index (χ0v) is 21.2. The quantitative estimate of drug-likeness (QED) is 0.111. The number of anilines is 1. The van der Waals surface area contributed by atoms with Crippen molar-refractivity contribution in [1.29, 1.82) is 0 Å². The van der Waals surface area contributed by atoms with Crippen molar-refractivity contribution in [1.82, 2.24) is 0 Å². The summed E-state index contributed by atoms with van der Waals surface area (Å²) in [5.74, 6) is 0.785. The molecular weight excluding hydrogens is 504 g/mol. The Bertz CT molecular complexity index is 1340. The van der Waals surface area contributed by atoms with E-state index in [-0.39, 0.29) is 18.2 Å². The molecule has 0 radical (unpaired) electrons. The second kappa shape index (κ2) is 10.9. The lowest BCUT2D eigenvalue weighted by Gasteiger charge is -2.15. The number of thioether (sulfide) groups is 2. The van der Waals surface area contributed by atoms with Crippen molar-refractivity contribution >= 4 is 63.4 Å². The van der Waals surface area contributed by atoms with Gasteiger partial charge in [-0.25, -0.2) is 0 Å². The highest BCUT2D eigenvalue weighted by molar-refractivity contribution is 8.27. The van der Waals surface area contributed by atoms with Crippen molar-refractivity contribution < 1.29 is 19.2 Å². The maximum absolute atomic E-state index is 13.1. The normalized spacial score (nSPS) is 14.5. The number of amides is 1. The smallest absolute Gasteiger partial charge is 0.270 e. The molecule has 7 nitrogen and oxygen atoms in total. The van der Waals surface area contributed by atoms with Gasteiger partial charge >= 0.3 is 0 Å². The summed E-state index contributed by atoms with van der Waals surface area (Å²) in [5.41, 5.74) is 2.17. The summed E-state index contributed by atoms with van der Waals surface area (Å²) in [6, 6.07) is 19.3. The van der Waals surface area contributed by atoms with Gasteiger partial charge in [0.15, 0.2) is 15.8 Å². The van der Waals surface area contributed by atoms with Crippen LogP contribution < -0.4 is 14.4 Å². The van der Waals surface area contributed by atoms with Gasteiger partial charge in [0.05, 0.1) is 22.6 Å². The molecule has 3 aromatic carbocycles. The van der Waals surface area contributed by atoms with Gasteiger partial charge in [-0.1, -0.05) is 48.2 Å². The minimum absolute atomic E-state index is 0.00546. The lowest BCUT2D eigenvalue weighted by atomic mass is 10.1. The van der Waals surface area contributed by atoms with Gasteiger partial charge in [-0.2, -0.15) is 0 Å². The molecule has 0 bridgehead atoms. The van der Waals surface area contributed by atoms with Crippen molar-refractivity contribution in [2.24, 2.45) is 0 Å². The second-order valence-corrected chi connectivity index (χ2v) is 9.90. The zero-order valence-electron chi connectivity index (χ0n) is 18.8. The topological polar surface area (TPSA) is 81.9 Å². The van der Waals surface area contributed by atoms with Crippen molar-refractivity contribution in [3.63, 3.8) is 0 Å². The van der Waals surface area contributed by atoms with Crippen LogP contribution >= 0.6 is 35.7 Å². The van der Waals surface area contributed by atoms with Gasteiger partial charge in [0.25, 0.3) is 11.6 Å². The highest BCUT2D eigenvalue weighted by Gasteiger charge is 2.33. The van der Waals surface area contributed by atoms with Crippen LogP contribution in [0.3, 0.4) is 0 Å². The number of benzene rings is 3. The van der Waals surface area contributed by atoms with Gasteiger partial charge in [0.2, 0.25) is 0 Å². The molecule has 1 aliphatic rings. The number of rotatable bonds is 8. The number of thiocarbonyl (C=S) groups is 1. The summed E-state index contributed by atoms with van der Waals surface area (Å²) in [5, 5.41) is 11.0. The van der Waals surface area contributed by atoms with Crippen LogP contribution in [0.1, 0.15) is 11.1 Å². The van der Waals surface area contributed by atoms with Crippen LogP contribution in [0.5, 0.6) is 11.5 Å². The first-order valence-electron chi connectivity index (χ1n) is 10.4. The number of nitro groups is 1. The second-order valence-electron chi connectivity index (χ2n) is 7.34. The van der Waals surface area contributed by atoms with Gasteiger partial charge in [0.1, 0.15) is 6.61 Å². The van der Waals surface area contributed by atoms with Crippen LogP contribution in [0.25, 0.3) is 6.08 Å². The molecule has 1 heterocycles. The van der Waals surface area contributed by atoms with Crippen molar-refractivity contribution in [2.75, 3.05) is 18.3 Å². The van der Waals surface area contributed by atoms with E-state index in [1.54, 1.807) is 47.0 Å². The first-order valence-corrected chi connectivity index (χ1v) is 12.8. The first-order chi connectivity index (χ1) is 16.9. The molecule has 10 heteroatoms. The Morgan fingerprint density at radius 2 is 1.91 bits per heavy atom. The third-order valence-corrected chi connectivity index (χ3v) is 7.13. The van der Waals surface area contributed by atoms with Crippen LogP contribution in [-0.4, -0.2) is 28.5 Å². The number of hydrogen-bond acceptors (Lipinski definition) is 8. The van der Waals surface area contributed by atoms with E-state index in [1.165, 1.54) is 31.0 Å². The third-order valence-electron chi connectivity index (χ3n) is 5.11. The predicted octanol–water partition coefficient (Wildman–Crippen LogP) is 6.31. The largest absolute Gasteiger partial charge is 0.493 e. The zero-order chi connectivity index (χ0) is 24.9. The highest BCUT2D eigenvalue weighted by Crippen LogP contribution is 2.38. The average Bonchev–Trinajstić information content (AvgIpc) is 3.15. The van der Waals surface area contributed by atoms with Crippen molar-refractivity contribution in [2.45, 2.75) is 11.5 Å². The molecule has 0 aromatic heterocycles. The Hall–Kier alpha value is -3.34. The lowest BCUT2D eigenvalue weighted by Crippen LogP contribution is -2.27. The molecule has 0 spiro atoms. The van der Waals surface area contributed by atoms with E-state index in [1.807, 2.05) is 36.6 Å². The molecule has 1 fully saturated rings. The molecule has 1 aliphatic heterocycles. The minimum Gasteiger partial charge on any atom is -0.493 e. The summed E-state index contributed by atoms with van der Waals surface area (Å²) in [7, 11) is 1.53. The van der Waals surface area contributed by atoms with E-state index in [2.05, 4.69) is 0 Å². The number of hydrogen-bond donors (Lipinski definition) is 0. The molecule has 1 saturated heterocycles. The maximum Gasteiger partial charge on any atom is 0.270 e. The van der Waals surface area contributed by atoms with E-state index >= 15 is 0 Å². The third kappa shape index (κ3) is 5.67. The highest BCUT2D eigenvalue weighted by atomic mass is 32.2. The Morgan fingerprint density at radius 3 is 2.66 bits per heavy atom. The minimum atomic E-state index is -0.443. The molecule has 0 aliphatic carbocycles. The average molecular weight is 525 g/mol. The molecule has 4 rings (SSSR count). The standard InChI is InChI=1S/C25H20N2O5S3/c1-31-22-12-16(9-10-21(22)32-15-17-5-3-7-19(11-17)27(29)30)13-23-24(28)26(25(33)35-23)18-6-4-8-20(14-18)34-2/h3-14H,15H2,1-2H3/b23-13+. The van der Waals surface area contributed by atoms with Crippen LogP contribution in [0.4, 0.5) is 11.4 Å². The van der Waals surface area contributed by atoms with Gasteiger partial charge in [-0.3, -0.25) is 19.8 Å². The van der Waals surface area contributed by atoms with Crippen LogP contribution in [0.2, 0.25) is 0 Å². The molecule has 0 atom stereocenters. The van der Waals surface area contributed by atoms with Gasteiger partial charge in [-0.05, 0) is 53.8 Å². The monoisotopic (exact) mass is 524 g/mol. The molecular formula is C25H20N2O5S3. The van der Waals surface area contributed by atoms with Gasteiger partial charge < -0.3 is 9.47 Å². The number of non-ortho nitro benzene ring substituents is 1. The fraction of sp³-hybridized carbons (Fsp3) is 0.120. The predicted molar refractivity (Wildman–Crippen MR) is 144 cm³/mol. The van der Waals surface area contributed by atoms with E-state index in [4.69, 9.17) is 21.7 Å². The van der Waals surface area contributed by atoms with Crippen LogP contribution in [-0.2, 0) is 11.4 Å². The fourth-order valence-electron chi connectivity index (χ4n) is 3.41. The molecule has 0 N–H and O–H groups in total. The van der Waals surface area contributed by atoms with Crippen molar-refractivity contribution in [3.8, 4) is 11.5 Å². The van der Waals surface area contributed by atoms with Crippen LogP contribution in [0.15, 0.2) is 76.5 Å². The van der Waals surface area contributed by atoms with Crippen LogP contribution in [0, 0.1) is 10.1 Å². The van der Waals surface area contributed by atoms with E-state index in [0.29, 0.717) is 26.3 Å². The van der Waals surface area contributed by atoms with E-state index < -0.39 is 4.92 Å². The molecule has 0 unspecified atom stereocenters.